The Morgan fingerprint density at radius 2 is 0.604 bits per heavy atom. The van der Waals surface area contributed by atoms with Crippen molar-refractivity contribution in [1.29, 1.82) is 0 Å². The highest BCUT2D eigenvalue weighted by Crippen LogP contribution is 2.32. The molecule has 8 aromatic rings. The zero-order valence-electron chi connectivity index (χ0n) is 25.8. The van der Waals surface area contributed by atoms with Gasteiger partial charge in [0.05, 0.1) is 45.6 Å². The summed E-state index contributed by atoms with van der Waals surface area (Å²) in [5, 5.41) is 0. The van der Waals surface area contributed by atoms with Crippen LogP contribution in [0.2, 0.25) is 0 Å². The molecule has 0 radical (unpaired) electrons. The Kier molecular flexibility index (Phi) is 7.79. The first-order valence-electron chi connectivity index (χ1n) is 15.7. The molecule has 2 aromatic carbocycles. The average molecular weight is 617 g/mol. The van der Waals surface area contributed by atoms with Crippen LogP contribution in [0.3, 0.4) is 0 Å². The van der Waals surface area contributed by atoms with Crippen LogP contribution < -0.4 is 0 Å². The summed E-state index contributed by atoms with van der Waals surface area (Å²) in [6.45, 7) is 0. The fraction of sp³-hybridized carbons (Fsp3) is 0. The van der Waals surface area contributed by atoms with Gasteiger partial charge >= 0.3 is 0 Å². The molecule has 6 heteroatoms. The van der Waals surface area contributed by atoms with E-state index in [0.29, 0.717) is 0 Å². The zero-order chi connectivity index (χ0) is 32.1. The van der Waals surface area contributed by atoms with Crippen molar-refractivity contribution in [2.24, 2.45) is 0 Å². The Labute approximate surface area is 278 Å². The van der Waals surface area contributed by atoms with Crippen LogP contribution in [0.1, 0.15) is 0 Å². The minimum absolute atomic E-state index is 0.810. The fourth-order valence-corrected chi connectivity index (χ4v) is 5.68. The van der Waals surface area contributed by atoms with E-state index < -0.39 is 0 Å². The topological polar surface area (TPSA) is 77.3 Å². The summed E-state index contributed by atoms with van der Waals surface area (Å²) in [6.07, 6.45) is 7.19. The van der Waals surface area contributed by atoms with E-state index in [1.165, 1.54) is 0 Å². The molecule has 48 heavy (non-hydrogen) atoms. The van der Waals surface area contributed by atoms with Crippen molar-refractivity contribution < 1.29 is 0 Å². The van der Waals surface area contributed by atoms with E-state index in [1.807, 2.05) is 85.1 Å². The number of hydrogen-bond acceptors (Lipinski definition) is 6. The average Bonchev–Trinajstić information content (AvgIpc) is 3.19. The van der Waals surface area contributed by atoms with E-state index >= 15 is 0 Å². The number of nitrogens with zero attached hydrogens (tertiary/aromatic N) is 6. The molecule has 0 N–H and O–H groups in total. The molecule has 0 bridgehead atoms. The van der Waals surface area contributed by atoms with Gasteiger partial charge in [0, 0.05) is 24.8 Å². The molecule has 0 fully saturated rings. The van der Waals surface area contributed by atoms with E-state index in [-0.39, 0.29) is 0 Å². The molecule has 0 saturated heterocycles. The molecule has 6 nitrogen and oxygen atoms in total. The van der Waals surface area contributed by atoms with Crippen molar-refractivity contribution in [2.45, 2.75) is 0 Å². The van der Waals surface area contributed by atoms with Crippen LogP contribution >= 0.6 is 0 Å². The van der Waals surface area contributed by atoms with Gasteiger partial charge in [-0.1, -0.05) is 72.8 Å². The quantitative estimate of drug-likeness (QED) is 0.177. The van der Waals surface area contributed by atoms with Gasteiger partial charge in [0.1, 0.15) is 0 Å². The molecule has 8 rings (SSSR count). The molecule has 226 valence electrons. The van der Waals surface area contributed by atoms with Crippen molar-refractivity contribution in [3.63, 3.8) is 0 Å². The minimum Gasteiger partial charge on any atom is -0.255 e. The second kappa shape index (κ2) is 13.0. The number of pyridine rings is 6. The standard InChI is InChI=1S/C42H28N6/c1-4-22-43-35(8-1)38-11-7-12-39(47-38)40-26-33(21-25-46-40)31-17-13-29(14-18-31)30-15-19-32(20-16-30)34-27-41(36-9-2-5-23-44-36)48-42(28-34)37-10-3-6-24-45-37/h1-28H. The summed E-state index contributed by atoms with van der Waals surface area (Å²) in [7, 11) is 0. The molecule has 0 aliphatic rings. The minimum atomic E-state index is 0.810. The summed E-state index contributed by atoms with van der Waals surface area (Å²) >= 11 is 0. The maximum Gasteiger partial charge on any atom is 0.0900 e. The van der Waals surface area contributed by atoms with Gasteiger partial charge in [0.2, 0.25) is 0 Å². The molecule has 0 atom stereocenters. The van der Waals surface area contributed by atoms with Gasteiger partial charge in [-0.05, 0) is 106 Å². The fourth-order valence-electron chi connectivity index (χ4n) is 5.68. The van der Waals surface area contributed by atoms with Crippen LogP contribution in [0.15, 0.2) is 170 Å². The summed E-state index contributed by atoms with van der Waals surface area (Å²) in [5.41, 5.74) is 13.2. The van der Waals surface area contributed by atoms with Crippen LogP contribution in [0.25, 0.3) is 78.9 Å². The number of benzene rings is 2. The van der Waals surface area contributed by atoms with Crippen molar-refractivity contribution in [3.05, 3.63) is 170 Å². The largest absolute Gasteiger partial charge is 0.255 e. The number of rotatable bonds is 7. The molecule has 6 heterocycles. The van der Waals surface area contributed by atoms with E-state index in [2.05, 4.69) is 86.7 Å². The van der Waals surface area contributed by atoms with Gasteiger partial charge < -0.3 is 0 Å². The predicted octanol–water partition coefficient (Wildman–Crippen LogP) is 9.73. The summed E-state index contributed by atoms with van der Waals surface area (Å²) in [5.74, 6) is 0. The number of aromatic nitrogens is 6. The Bertz CT molecular complexity index is 2250. The van der Waals surface area contributed by atoms with Gasteiger partial charge in [-0.25, -0.2) is 9.97 Å². The molecule has 0 amide bonds. The summed E-state index contributed by atoms with van der Waals surface area (Å²) in [6, 6.07) is 49.1. The second-order valence-electron chi connectivity index (χ2n) is 11.3. The normalized spacial score (nSPS) is 10.9. The highest BCUT2D eigenvalue weighted by molar-refractivity contribution is 5.78. The van der Waals surface area contributed by atoms with Gasteiger partial charge in [-0.2, -0.15) is 0 Å². The Morgan fingerprint density at radius 1 is 0.229 bits per heavy atom. The van der Waals surface area contributed by atoms with E-state index in [1.54, 1.807) is 18.6 Å². The third kappa shape index (κ3) is 6.10. The maximum atomic E-state index is 4.90. The van der Waals surface area contributed by atoms with E-state index in [0.717, 1.165) is 78.9 Å². The molecule has 0 aliphatic heterocycles. The third-order valence-corrected chi connectivity index (χ3v) is 8.15. The van der Waals surface area contributed by atoms with Crippen molar-refractivity contribution in [1.82, 2.24) is 29.9 Å². The Morgan fingerprint density at radius 3 is 1.10 bits per heavy atom. The summed E-state index contributed by atoms with van der Waals surface area (Å²) in [4.78, 5) is 27.9. The lowest BCUT2D eigenvalue weighted by molar-refractivity contribution is 1.22. The smallest absolute Gasteiger partial charge is 0.0900 e. The van der Waals surface area contributed by atoms with Crippen LogP contribution in [0.5, 0.6) is 0 Å². The van der Waals surface area contributed by atoms with Crippen molar-refractivity contribution in [3.8, 4) is 78.9 Å². The lowest BCUT2D eigenvalue weighted by Gasteiger charge is -2.11. The Balaban J connectivity index is 1.05. The van der Waals surface area contributed by atoms with Gasteiger partial charge in [-0.3, -0.25) is 19.9 Å². The molecular formula is C42H28N6. The van der Waals surface area contributed by atoms with Crippen LogP contribution in [-0.4, -0.2) is 29.9 Å². The van der Waals surface area contributed by atoms with Crippen LogP contribution in [-0.2, 0) is 0 Å². The van der Waals surface area contributed by atoms with Crippen molar-refractivity contribution >= 4 is 0 Å². The van der Waals surface area contributed by atoms with Gasteiger partial charge in [0.25, 0.3) is 0 Å². The highest BCUT2D eigenvalue weighted by atomic mass is 14.8. The van der Waals surface area contributed by atoms with Gasteiger partial charge in [-0.15, -0.1) is 0 Å². The SMILES string of the molecule is c1ccc(-c2cccc(-c3cc(-c4ccc(-c5ccc(-c6cc(-c7ccccn7)nc(-c7ccccn7)c6)cc5)cc4)ccn3)n2)nc1. The molecule has 0 unspecified atom stereocenters. The predicted molar refractivity (Wildman–Crippen MR) is 191 cm³/mol. The van der Waals surface area contributed by atoms with E-state index in [4.69, 9.17) is 9.97 Å². The third-order valence-electron chi connectivity index (χ3n) is 8.15. The zero-order valence-corrected chi connectivity index (χ0v) is 25.8. The first kappa shape index (κ1) is 28.8. The van der Waals surface area contributed by atoms with E-state index in [9.17, 15) is 0 Å². The number of hydrogen-bond donors (Lipinski definition) is 0. The molecule has 0 spiro atoms. The lowest BCUT2D eigenvalue weighted by atomic mass is 9.97. The molecule has 0 saturated carbocycles. The van der Waals surface area contributed by atoms with Crippen LogP contribution in [0.4, 0.5) is 0 Å². The monoisotopic (exact) mass is 616 g/mol. The maximum absolute atomic E-state index is 4.90. The first-order chi connectivity index (χ1) is 23.8. The lowest BCUT2D eigenvalue weighted by Crippen LogP contribution is -1.94. The Hall–Kier alpha value is -6.66. The highest BCUT2D eigenvalue weighted by Gasteiger charge is 2.12. The van der Waals surface area contributed by atoms with Crippen LogP contribution in [0, 0.1) is 0 Å². The van der Waals surface area contributed by atoms with Gasteiger partial charge in [0.15, 0.2) is 0 Å². The molecule has 0 aliphatic carbocycles. The second-order valence-corrected chi connectivity index (χ2v) is 11.3. The summed E-state index contributed by atoms with van der Waals surface area (Å²) < 4.78 is 0. The molecule has 6 aromatic heterocycles. The molecular weight excluding hydrogens is 589 g/mol. The first-order valence-corrected chi connectivity index (χ1v) is 15.7. The van der Waals surface area contributed by atoms with Crippen molar-refractivity contribution in [2.75, 3.05) is 0 Å².